The van der Waals surface area contributed by atoms with E-state index in [-0.39, 0.29) is 5.91 Å². The quantitative estimate of drug-likeness (QED) is 0.403. The molecule has 1 fully saturated rings. The van der Waals surface area contributed by atoms with Crippen molar-refractivity contribution in [2.24, 2.45) is 0 Å². The zero-order chi connectivity index (χ0) is 19.4. The highest BCUT2D eigenvalue weighted by molar-refractivity contribution is 8.26. The van der Waals surface area contributed by atoms with Crippen LogP contribution in [0.1, 0.15) is 16.7 Å². The Hall–Kier alpha value is -2.31. The number of para-hydroxylation sites is 1. The molecule has 0 radical (unpaired) electrons. The molecule has 1 heterocycles. The molecule has 0 N–H and O–H groups in total. The van der Waals surface area contributed by atoms with E-state index in [2.05, 4.69) is 13.8 Å². The van der Waals surface area contributed by atoms with Crippen LogP contribution in [0.4, 0.5) is 0 Å². The molecule has 4 nitrogen and oxygen atoms in total. The molecule has 27 heavy (non-hydrogen) atoms. The predicted octanol–water partition coefficient (Wildman–Crippen LogP) is 4.59. The molecular formula is C21H21NO3S2. The van der Waals surface area contributed by atoms with Gasteiger partial charge in [-0.1, -0.05) is 48.2 Å². The molecule has 1 saturated heterocycles. The Bertz CT molecular complexity index is 908. The first-order valence-electron chi connectivity index (χ1n) is 8.59. The van der Waals surface area contributed by atoms with Gasteiger partial charge in [0.2, 0.25) is 0 Å². The van der Waals surface area contributed by atoms with E-state index in [9.17, 15) is 4.79 Å². The highest BCUT2D eigenvalue weighted by Crippen LogP contribution is 2.33. The maximum atomic E-state index is 12.2. The number of amides is 1. The first kappa shape index (κ1) is 19.5. The Balaban J connectivity index is 1.62. The fourth-order valence-corrected chi connectivity index (χ4v) is 3.70. The van der Waals surface area contributed by atoms with Crippen molar-refractivity contribution in [3.05, 3.63) is 64.1 Å². The topological polar surface area (TPSA) is 38.8 Å². The summed E-state index contributed by atoms with van der Waals surface area (Å²) in [5.41, 5.74) is 3.29. The lowest BCUT2D eigenvalue weighted by atomic mass is 10.1. The van der Waals surface area contributed by atoms with Crippen molar-refractivity contribution in [3.8, 4) is 11.5 Å². The first-order chi connectivity index (χ1) is 13.0. The molecule has 1 aliphatic heterocycles. The van der Waals surface area contributed by atoms with Gasteiger partial charge in [0.15, 0.2) is 0 Å². The molecule has 140 valence electrons. The van der Waals surface area contributed by atoms with Crippen LogP contribution in [0.5, 0.6) is 11.5 Å². The van der Waals surface area contributed by atoms with Crippen LogP contribution in [0, 0.1) is 13.8 Å². The summed E-state index contributed by atoms with van der Waals surface area (Å²) in [7, 11) is 1.69. The van der Waals surface area contributed by atoms with Gasteiger partial charge >= 0.3 is 0 Å². The van der Waals surface area contributed by atoms with Crippen LogP contribution in [-0.4, -0.2) is 35.4 Å². The number of hydrogen-bond donors (Lipinski definition) is 0. The van der Waals surface area contributed by atoms with Gasteiger partial charge in [-0.2, -0.15) is 0 Å². The van der Waals surface area contributed by atoms with Crippen LogP contribution in [0.15, 0.2) is 47.4 Å². The lowest BCUT2D eigenvalue weighted by Crippen LogP contribution is -2.22. The first-order valence-corrected chi connectivity index (χ1v) is 9.81. The van der Waals surface area contributed by atoms with E-state index in [1.165, 1.54) is 27.8 Å². The van der Waals surface area contributed by atoms with Crippen LogP contribution >= 0.6 is 24.0 Å². The van der Waals surface area contributed by atoms with Crippen molar-refractivity contribution < 1.29 is 14.3 Å². The van der Waals surface area contributed by atoms with E-state index in [1.807, 2.05) is 48.5 Å². The van der Waals surface area contributed by atoms with Crippen LogP contribution < -0.4 is 9.47 Å². The highest BCUT2D eigenvalue weighted by Gasteiger charge is 2.28. The van der Waals surface area contributed by atoms with Crippen LogP contribution in [0.2, 0.25) is 0 Å². The van der Waals surface area contributed by atoms with Crippen molar-refractivity contribution >= 4 is 40.3 Å². The van der Waals surface area contributed by atoms with Crippen molar-refractivity contribution in [1.82, 2.24) is 4.90 Å². The fraction of sp³-hybridized carbons (Fsp3) is 0.238. The van der Waals surface area contributed by atoms with E-state index in [0.29, 0.717) is 28.2 Å². The number of aryl methyl sites for hydroxylation is 2. The number of rotatable bonds is 6. The van der Waals surface area contributed by atoms with Crippen LogP contribution in [-0.2, 0) is 4.79 Å². The summed E-state index contributed by atoms with van der Waals surface area (Å²) in [5.74, 6) is 1.46. The Morgan fingerprint density at radius 2 is 1.81 bits per heavy atom. The molecule has 0 atom stereocenters. The SMILES string of the molecule is Cc1ccc(OCCOc2ccccc2/C=C2\SC(=S)N(C)C2=O)cc1C. The third-order valence-corrected chi connectivity index (χ3v) is 5.76. The monoisotopic (exact) mass is 399 g/mol. The zero-order valence-electron chi connectivity index (χ0n) is 15.5. The smallest absolute Gasteiger partial charge is 0.265 e. The largest absolute Gasteiger partial charge is 0.490 e. The molecule has 0 unspecified atom stereocenters. The zero-order valence-corrected chi connectivity index (χ0v) is 17.2. The van der Waals surface area contributed by atoms with Crippen molar-refractivity contribution in [2.45, 2.75) is 13.8 Å². The molecule has 3 rings (SSSR count). The minimum atomic E-state index is -0.0853. The summed E-state index contributed by atoms with van der Waals surface area (Å²) in [6.07, 6.45) is 1.82. The number of thiocarbonyl (C=S) groups is 1. The maximum absolute atomic E-state index is 12.2. The van der Waals surface area contributed by atoms with Gasteiger partial charge in [0.1, 0.15) is 29.0 Å². The van der Waals surface area contributed by atoms with Crippen LogP contribution in [0.25, 0.3) is 6.08 Å². The predicted molar refractivity (Wildman–Crippen MR) is 114 cm³/mol. The van der Waals surface area contributed by atoms with E-state index < -0.39 is 0 Å². The molecule has 2 aromatic rings. The Morgan fingerprint density at radius 1 is 1.07 bits per heavy atom. The van der Waals surface area contributed by atoms with Crippen molar-refractivity contribution in [2.75, 3.05) is 20.3 Å². The normalized spacial score (nSPS) is 15.5. The molecular weight excluding hydrogens is 378 g/mol. The Morgan fingerprint density at radius 3 is 2.52 bits per heavy atom. The third-order valence-electron chi connectivity index (χ3n) is 4.28. The number of nitrogens with zero attached hydrogens (tertiary/aromatic N) is 1. The molecule has 0 bridgehead atoms. The number of hydrogen-bond acceptors (Lipinski definition) is 5. The molecule has 0 aromatic heterocycles. The second-order valence-electron chi connectivity index (χ2n) is 6.22. The van der Waals surface area contributed by atoms with E-state index >= 15 is 0 Å². The van der Waals surface area contributed by atoms with E-state index in [0.717, 1.165) is 11.3 Å². The van der Waals surface area contributed by atoms with E-state index in [1.54, 1.807) is 7.05 Å². The molecule has 0 saturated carbocycles. The van der Waals surface area contributed by atoms with Crippen molar-refractivity contribution in [1.29, 1.82) is 0 Å². The second kappa shape index (κ2) is 8.59. The lowest BCUT2D eigenvalue weighted by Gasteiger charge is -2.11. The maximum Gasteiger partial charge on any atom is 0.265 e. The summed E-state index contributed by atoms with van der Waals surface area (Å²) in [6.45, 7) is 4.99. The summed E-state index contributed by atoms with van der Waals surface area (Å²) in [6, 6.07) is 13.7. The fourth-order valence-electron chi connectivity index (χ4n) is 2.53. The number of carbonyl (C=O) groups is 1. The number of ether oxygens (including phenoxy) is 2. The van der Waals surface area contributed by atoms with Gasteiger partial charge in [-0.15, -0.1) is 0 Å². The van der Waals surface area contributed by atoms with Crippen molar-refractivity contribution in [3.63, 3.8) is 0 Å². The number of thioether (sulfide) groups is 1. The summed E-state index contributed by atoms with van der Waals surface area (Å²) in [4.78, 5) is 14.3. The van der Waals surface area contributed by atoms with Gasteiger partial charge in [0.25, 0.3) is 5.91 Å². The number of benzene rings is 2. The average Bonchev–Trinajstić information content (AvgIpc) is 2.89. The number of likely N-dealkylation sites (N-methyl/N-ethyl adjacent to an activating group) is 1. The minimum absolute atomic E-state index is 0.0853. The molecule has 1 amide bonds. The molecule has 1 aliphatic rings. The summed E-state index contributed by atoms with van der Waals surface area (Å²) in [5, 5.41) is 0. The highest BCUT2D eigenvalue weighted by atomic mass is 32.2. The summed E-state index contributed by atoms with van der Waals surface area (Å²) < 4.78 is 12.2. The minimum Gasteiger partial charge on any atom is -0.490 e. The van der Waals surface area contributed by atoms with Gasteiger partial charge in [-0.3, -0.25) is 9.69 Å². The molecule has 0 spiro atoms. The Kier molecular flexibility index (Phi) is 6.19. The summed E-state index contributed by atoms with van der Waals surface area (Å²) >= 11 is 6.48. The average molecular weight is 400 g/mol. The second-order valence-corrected chi connectivity index (χ2v) is 7.90. The van der Waals surface area contributed by atoms with Gasteiger partial charge in [-0.05, 0) is 49.2 Å². The van der Waals surface area contributed by atoms with Gasteiger partial charge in [0.05, 0.1) is 4.91 Å². The third kappa shape index (κ3) is 4.70. The van der Waals surface area contributed by atoms with Crippen LogP contribution in [0.3, 0.4) is 0 Å². The Labute approximate surface area is 169 Å². The van der Waals surface area contributed by atoms with E-state index in [4.69, 9.17) is 21.7 Å². The van der Waals surface area contributed by atoms with Gasteiger partial charge < -0.3 is 9.47 Å². The molecule has 0 aliphatic carbocycles. The number of carbonyl (C=O) groups excluding carboxylic acids is 1. The van der Waals surface area contributed by atoms with Gasteiger partial charge in [-0.25, -0.2) is 0 Å². The standard InChI is InChI=1S/C21H21NO3S2/c1-14-8-9-17(12-15(14)2)24-10-11-25-18-7-5-4-6-16(18)13-19-20(23)22(3)21(26)27-19/h4-9,12-13H,10-11H2,1-3H3/b19-13-. The molecule has 6 heteroatoms. The lowest BCUT2D eigenvalue weighted by molar-refractivity contribution is -0.121. The van der Waals surface area contributed by atoms with Gasteiger partial charge in [0, 0.05) is 12.6 Å². The molecule has 2 aromatic carbocycles.